The van der Waals surface area contributed by atoms with E-state index in [2.05, 4.69) is 16.7 Å². The highest BCUT2D eigenvalue weighted by Gasteiger charge is 2.25. The molecule has 0 aliphatic carbocycles. The van der Waals surface area contributed by atoms with Gasteiger partial charge in [0.15, 0.2) is 0 Å². The minimum absolute atomic E-state index is 0.0797. The minimum Gasteiger partial charge on any atom is -0.341 e. The van der Waals surface area contributed by atoms with Crippen molar-refractivity contribution in [2.24, 2.45) is 5.92 Å². The average Bonchev–Trinajstić information content (AvgIpc) is 2.71. The molecule has 0 aromatic heterocycles. The molecule has 1 unspecified atom stereocenters. The number of nitrogens with zero attached hydrogens (tertiary/aromatic N) is 3. The van der Waals surface area contributed by atoms with Crippen molar-refractivity contribution in [3.8, 4) is 12.1 Å². The van der Waals surface area contributed by atoms with E-state index in [9.17, 15) is 9.59 Å². The number of benzene rings is 1. The third-order valence-electron chi connectivity index (χ3n) is 4.54. The van der Waals surface area contributed by atoms with Crippen molar-refractivity contribution < 1.29 is 9.59 Å². The van der Waals surface area contributed by atoms with Crippen LogP contribution in [0.2, 0.25) is 0 Å². The van der Waals surface area contributed by atoms with Crippen LogP contribution in [0.15, 0.2) is 30.3 Å². The van der Waals surface area contributed by atoms with Crippen molar-refractivity contribution in [2.75, 3.05) is 19.6 Å². The van der Waals surface area contributed by atoms with Gasteiger partial charge >= 0.3 is 6.03 Å². The molecule has 146 valence electrons. The number of amides is 3. The Labute approximate surface area is 165 Å². The zero-order valence-electron chi connectivity index (χ0n) is 16.2. The van der Waals surface area contributed by atoms with E-state index in [0.717, 1.165) is 11.1 Å². The molecule has 1 heterocycles. The summed E-state index contributed by atoms with van der Waals surface area (Å²) in [4.78, 5) is 26.5. The maximum absolute atomic E-state index is 12.6. The molecule has 7 nitrogen and oxygen atoms in total. The van der Waals surface area contributed by atoms with E-state index in [4.69, 9.17) is 10.5 Å². The highest BCUT2D eigenvalue weighted by molar-refractivity contribution is 5.87. The van der Waals surface area contributed by atoms with Crippen molar-refractivity contribution in [1.29, 1.82) is 10.5 Å². The smallest absolute Gasteiger partial charge is 0.318 e. The van der Waals surface area contributed by atoms with E-state index in [0.29, 0.717) is 31.5 Å². The monoisotopic (exact) mass is 379 g/mol. The molecule has 0 radical (unpaired) electrons. The van der Waals surface area contributed by atoms with E-state index in [1.165, 1.54) is 0 Å². The lowest BCUT2D eigenvalue weighted by Crippen LogP contribution is -2.52. The molecule has 2 rings (SSSR count). The molecule has 0 fully saturated rings. The number of nitrogens with one attached hydrogen (secondary N) is 2. The third kappa shape index (κ3) is 5.85. The highest BCUT2D eigenvalue weighted by atomic mass is 16.2. The summed E-state index contributed by atoms with van der Waals surface area (Å²) in [5, 5.41) is 22.8. The van der Waals surface area contributed by atoms with Crippen LogP contribution >= 0.6 is 0 Å². The second-order valence-electron chi connectivity index (χ2n) is 7.12. The Kier molecular flexibility index (Phi) is 7.59. The lowest BCUT2D eigenvalue weighted by Gasteiger charge is -2.29. The van der Waals surface area contributed by atoms with Gasteiger partial charge in [0.2, 0.25) is 5.91 Å². The van der Waals surface area contributed by atoms with Crippen LogP contribution in [-0.4, -0.2) is 42.5 Å². The number of nitriles is 2. The molecule has 7 heteroatoms. The standard InChI is InChI=1S/C21H25N5O2/c1-15(2)13-19(20(27)24-10-9-22)25-21(28)26-11-7-18(8-12-26)17-5-3-16(14-23)4-6-17/h3-7,15,19H,8,10-13H2,1-2H3,(H,24,27)(H,25,28). The van der Waals surface area contributed by atoms with E-state index >= 15 is 0 Å². The first-order valence-electron chi connectivity index (χ1n) is 9.34. The number of rotatable bonds is 6. The Balaban J connectivity index is 1.98. The van der Waals surface area contributed by atoms with Gasteiger partial charge in [-0.05, 0) is 42.0 Å². The van der Waals surface area contributed by atoms with Gasteiger partial charge in [-0.15, -0.1) is 0 Å². The summed E-state index contributed by atoms with van der Waals surface area (Å²) in [5.41, 5.74) is 2.80. The van der Waals surface area contributed by atoms with Crippen molar-refractivity contribution in [2.45, 2.75) is 32.7 Å². The molecule has 1 atom stereocenters. The molecule has 0 saturated carbocycles. The number of urea groups is 1. The predicted octanol–water partition coefficient (Wildman–Crippen LogP) is 2.41. The van der Waals surface area contributed by atoms with Gasteiger partial charge in [-0.25, -0.2) is 4.79 Å². The van der Waals surface area contributed by atoms with Crippen LogP contribution in [0, 0.1) is 28.6 Å². The van der Waals surface area contributed by atoms with E-state index in [1.54, 1.807) is 17.0 Å². The Morgan fingerprint density at radius 2 is 1.93 bits per heavy atom. The average molecular weight is 379 g/mol. The minimum atomic E-state index is -0.662. The Hall–Kier alpha value is -3.32. The normalized spacial score (nSPS) is 14.5. The van der Waals surface area contributed by atoms with Gasteiger partial charge in [0.05, 0.1) is 17.7 Å². The van der Waals surface area contributed by atoms with Crippen LogP contribution in [0.5, 0.6) is 0 Å². The Bertz CT molecular complexity index is 815. The summed E-state index contributed by atoms with van der Waals surface area (Å²) in [5.74, 6) is -0.114. The molecule has 3 amide bonds. The Morgan fingerprint density at radius 3 is 2.46 bits per heavy atom. The lowest BCUT2D eigenvalue weighted by atomic mass is 9.98. The van der Waals surface area contributed by atoms with Crippen LogP contribution in [0.25, 0.3) is 5.57 Å². The van der Waals surface area contributed by atoms with Gasteiger partial charge in [0.1, 0.15) is 12.6 Å². The first kappa shape index (κ1) is 21.0. The molecule has 1 aromatic rings. The molecular formula is C21H25N5O2. The zero-order valence-corrected chi connectivity index (χ0v) is 16.2. The summed E-state index contributed by atoms with van der Waals surface area (Å²) < 4.78 is 0. The first-order valence-corrected chi connectivity index (χ1v) is 9.34. The van der Waals surface area contributed by atoms with E-state index < -0.39 is 6.04 Å². The fourth-order valence-corrected chi connectivity index (χ4v) is 3.07. The third-order valence-corrected chi connectivity index (χ3v) is 4.54. The second-order valence-corrected chi connectivity index (χ2v) is 7.12. The predicted molar refractivity (Wildman–Crippen MR) is 106 cm³/mol. The molecule has 1 aliphatic heterocycles. The molecule has 28 heavy (non-hydrogen) atoms. The van der Waals surface area contributed by atoms with E-state index in [-0.39, 0.29) is 24.4 Å². The largest absolute Gasteiger partial charge is 0.341 e. The quantitative estimate of drug-likeness (QED) is 0.740. The molecule has 2 N–H and O–H groups in total. The van der Waals surface area contributed by atoms with Gasteiger partial charge in [-0.1, -0.05) is 32.1 Å². The van der Waals surface area contributed by atoms with Gasteiger partial charge < -0.3 is 15.5 Å². The van der Waals surface area contributed by atoms with Crippen LogP contribution in [0.4, 0.5) is 4.79 Å². The molecule has 0 saturated heterocycles. The summed E-state index contributed by atoms with van der Waals surface area (Å²) in [6.45, 7) is 4.87. The maximum atomic E-state index is 12.6. The fraction of sp³-hybridized carbons (Fsp3) is 0.429. The molecule has 0 bridgehead atoms. The molecule has 1 aliphatic rings. The molecular weight excluding hydrogens is 354 g/mol. The topological polar surface area (TPSA) is 109 Å². The fourth-order valence-electron chi connectivity index (χ4n) is 3.07. The zero-order chi connectivity index (χ0) is 20.5. The summed E-state index contributed by atoms with van der Waals surface area (Å²) in [7, 11) is 0. The van der Waals surface area contributed by atoms with Gasteiger partial charge in [0, 0.05) is 13.1 Å². The van der Waals surface area contributed by atoms with Crippen LogP contribution in [-0.2, 0) is 4.79 Å². The van der Waals surface area contributed by atoms with Gasteiger partial charge in [0.25, 0.3) is 0 Å². The van der Waals surface area contributed by atoms with Crippen LogP contribution in [0.3, 0.4) is 0 Å². The maximum Gasteiger partial charge on any atom is 0.318 e. The SMILES string of the molecule is CC(C)CC(NC(=O)N1CC=C(c2ccc(C#N)cc2)CC1)C(=O)NCC#N. The lowest BCUT2D eigenvalue weighted by molar-refractivity contribution is -0.123. The second kappa shape index (κ2) is 10.1. The molecule has 0 spiro atoms. The summed E-state index contributed by atoms with van der Waals surface area (Å²) in [6, 6.07) is 10.4. The molecule has 1 aromatic carbocycles. The van der Waals surface area contributed by atoms with Crippen LogP contribution in [0.1, 0.15) is 37.8 Å². The van der Waals surface area contributed by atoms with Gasteiger partial charge in [-0.2, -0.15) is 10.5 Å². The Morgan fingerprint density at radius 1 is 1.21 bits per heavy atom. The summed E-state index contributed by atoms with van der Waals surface area (Å²) >= 11 is 0. The number of hydrogen-bond donors (Lipinski definition) is 2. The first-order chi connectivity index (χ1) is 13.4. The van der Waals surface area contributed by atoms with Crippen molar-refractivity contribution >= 4 is 17.5 Å². The number of carbonyl (C=O) groups excluding carboxylic acids is 2. The number of hydrogen-bond acceptors (Lipinski definition) is 4. The van der Waals surface area contributed by atoms with Crippen molar-refractivity contribution in [3.63, 3.8) is 0 Å². The van der Waals surface area contributed by atoms with E-state index in [1.807, 2.05) is 38.1 Å². The van der Waals surface area contributed by atoms with Crippen molar-refractivity contribution in [3.05, 3.63) is 41.5 Å². The van der Waals surface area contributed by atoms with Crippen molar-refractivity contribution in [1.82, 2.24) is 15.5 Å². The summed E-state index contributed by atoms with van der Waals surface area (Å²) in [6.07, 6.45) is 3.20. The van der Waals surface area contributed by atoms with Gasteiger partial charge in [-0.3, -0.25) is 4.79 Å². The number of carbonyl (C=O) groups is 2. The highest BCUT2D eigenvalue weighted by Crippen LogP contribution is 2.22. The van der Waals surface area contributed by atoms with Crippen LogP contribution < -0.4 is 10.6 Å².